The van der Waals surface area contributed by atoms with Gasteiger partial charge in [0.1, 0.15) is 11.6 Å². The molecule has 0 unspecified atom stereocenters. The molecule has 0 saturated heterocycles. The number of amidine groups is 1. The zero-order valence-electron chi connectivity index (χ0n) is 11.4. The zero-order valence-corrected chi connectivity index (χ0v) is 11.4. The normalized spacial score (nSPS) is 10.2. The van der Waals surface area contributed by atoms with Crippen LogP contribution in [0.25, 0.3) is 0 Å². The molecule has 4 heteroatoms. The van der Waals surface area contributed by atoms with Crippen molar-refractivity contribution in [2.24, 2.45) is 5.73 Å². The first-order valence-corrected chi connectivity index (χ1v) is 6.33. The molecule has 0 spiro atoms. The third kappa shape index (κ3) is 3.59. The van der Waals surface area contributed by atoms with E-state index in [1.165, 1.54) is 0 Å². The Balaban J connectivity index is 1.98. The highest BCUT2D eigenvalue weighted by molar-refractivity contribution is 5.97. The number of nitrogen functional groups attached to an aromatic ring is 1. The summed E-state index contributed by atoms with van der Waals surface area (Å²) in [5.41, 5.74) is 8.21. The summed E-state index contributed by atoms with van der Waals surface area (Å²) in [5.74, 6) is 0.594. The number of ether oxygens (including phenoxy) is 2. The van der Waals surface area contributed by atoms with Gasteiger partial charge < -0.3 is 15.2 Å². The largest absolute Gasteiger partial charge is 0.496 e. The Hall–Kier alpha value is -2.33. The molecule has 104 valence electrons. The molecule has 0 aromatic heterocycles. The quantitative estimate of drug-likeness (QED) is 0.626. The molecule has 2 aromatic rings. The minimum Gasteiger partial charge on any atom is -0.496 e. The van der Waals surface area contributed by atoms with Crippen molar-refractivity contribution in [2.75, 3.05) is 7.11 Å². The van der Waals surface area contributed by atoms with Crippen molar-refractivity contribution in [3.63, 3.8) is 0 Å². The topological polar surface area (TPSA) is 68.3 Å². The minimum atomic E-state index is -0.00129. The highest BCUT2D eigenvalue weighted by atomic mass is 16.5. The lowest BCUT2D eigenvalue weighted by Crippen LogP contribution is -2.12. The molecule has 0 fully saturated rings. The third-order valence-electron chi connectivity index (χ3n) is 2.94. The van der Waals surface area contributed by atoms with Crippen LogP contribution >= 0.6 is 0 Å². The SMILES string of the molecule is COc1cc(COCc2ccccc2)ccc1C(=N)N. The van der Waals surface area contributed by atoms with Crippen LogP contribution in [0.5, 0.6) is 5.75 Å². The molecule has 0 aliphatic heterocycles. The maximum atomic E-state index is 7.47. The molecule has 0 atom stereocenters. The fourth-order valence-corrected chi connectivity index (χ4v) is 1.91. The van der Waals surface area contributed by atoms with Gasteiger partial charge in [0, 0.05) is 0 Å². The predicted molar refractivity (Wildman–Crippen MR) is 78.9 cm³/mol. The average Bonchev–Trinajstić information content (AvgIpc) is 2.48. The van der Waals surface area contributed by atoms with E-state index < -0.39 is 0 Å². The highest BCUT2D eigenvalue weighted by Crippen LogP contribution is 2.20. The number of nitrogens with one attached hydrogen (secondary N) is 1. The molecular formula is C16H18N2O2. The molecule has 0 amide bonds. The molecule has 0 radical (unpaired) electrons. The van der Waals surface area contributed by atoms with Crippen LogP contribution in [0.4, 0.5) is 0 Å². The summed E-state index contributed by atoms with van der Waals surface area (Å²) >= 11 is 0. The molecule has 0 aliphatic rings. The second-order valence-corrected chi connectivity index (χ2v) is 4.43. The van der Waals surface area contributed by atoms with Gasteiger partial charge in [0.2, 0.25) is 0 Å². The maximum Gasteiger partial charge on any atom is 0.130 e. The Morgan fingerprint density at radius 3 is 2.40 bits per heavy atom. The van der Waals surface area contributed by atoms with E-state index in [1.54, 1.807) is 13.2 Å². The van der Waals surface area contributed by atoms with Crippen LogP contribution in [0.1, 0.15) is 16.7 Å². The lowest BCUT2D eigenvalue weighted by molar-refractivity contribution is 0.107. The van der Waals surface area contributed by atoms with E-state index in [-0.39, 0.29) is 5.84 Å². The summed E-state index contributed by atoms with van der Waals surface area (Å²) in [6, 6.07) is 15.5. The van der Waals surface area contributed by atoms with Crippen molar-refractivity contribution in [1.82, 2.24) is 0 Å². The van der Waals surface area contributed by atoms with E-state index in [4.69, 9.17) is 20.6 Å². The van der Waals surface area contributed by atoms with Crippen molar-refractivity contribution >= 4 is 5.84 Å². The number of hydrogen-bond acceptors (Lipinski definition) is 3. The van der Waals surface area contributed by atoms with Crippen LogP contribution < -0.4 is 10.5 Å². The first-order valence-electron chi connectivity index (χ1n) is 6.33. The minimum absolute atomic E-state index is 0.00129. The summed E-state index contributed by atoms with van der Waals surface area (Å²) in [7, 11) is 1.57. The Morgan fingerprint density at radius 2 is 1.75 bits per heavy atom. The molecule has 0 heterocycles. The van der Waals surface area contributed by atoms with Gasteiger partial charge in [0.25, 0.3) is 0 Å². The summed E-state index contributed by atoms with van der Waals surface area (Å²) in [5, 5.41) is 7.47. The summed E-state index contributed by atoms with van der Waals surface area (Å²) < 4.78 is 10.9. The number of rotatable bonds is 6. The van der Waals surface area contributed by atoms with Crippen molar-refractivity contribution in [2.45, 2.75) is 13.2 Å². The summed E-state index contributed by atoms with van der Waals surface area (Å²) in [6.07, 6.45) is 0. The van der Waals surface area contributed by atoms with Crippen LogP contribution in [0, 0.1) is 5.41 Å². The van der Waals surface area contributed by atoms with Gasteiger partial charge in [-0.3, -0.25) is 5.41 Å². The van der Waals surface area contributed by atoms with Gasteiger partial charge in [-0.15, -0.1) is 0 Å². The van der Waals surface area contributed by atoms with E-state index in [1.807, 2.05) is 42.5 Å². The van der Waals surface area contributed by atoms with Crippen LogP contribution in [0.15, 0.2) is 48.5 Å². The standard InChI is InChI=1S/C16H18N2O2/c1-19-15-9-13(7-8-14(15)16(17)18)11-20-10-12-5-3-2-4-6-12/h2-9H,10-11H2,1H3,(H3,17,18). The average molecular weight is 270 g/mol. The molecule has 2 rings (SSSR count). The van der Waals surface area contributed by atoms with Gasteiger partial charge in [0.05, 0.1) is 25.9 Å². The van der Waals surface area contributed by atoms with Crippen molar-refractivity contribution < 1.29 is 9.47 Å². The smallest absolute Gasteiger partial charge is 0.130 e. The predicted octanol–water partition coefficient (Wildman–Crippen LogP) is 2.70. The molecule has 20 heavy (non-hydrogen) atoms. The van der Waals surface area contributed by atoms with Crippen LogP contribution in [-0.2, 0) is 18.0 Å². The van der Waals surface area contributed by atoms with Gasteiger partial charge in [0.15, 0.2) is 0 Å². The Kier molecular flexibility index (Phi) is 4.74. The van der Waals surface area contributed by atoms with E-state index in [9.17, 15) is 0 Å². The van der Waals surface area contributed by atoms with Crippen molar-refractivity contribution in [3.8, 4) is 5.75 Å². The molecule has 0 bridgehead atoms. The van der Waals surface area contributed by atoms with Gasteiger partial charge in [-0.05, 0) is 23.3 Å². The molecule has 0 saturated carbocycles. The lowest BCUT2D eigenvalue weighted by Gasteiger charge is -2.10. The van der Waals surface area contributed by atoms with Gasteiger partial charge in [-0.25, -0.2) is 0 Å². The molecule has 4 nitrogen and oxygen atoms in total. The van der Waals surface area contributed by atoms with Crippen molar-refractivity contribution in [3.05, 3.63) is 65.2 Å². The number of hydrogen-bond donors (Lipinski definition) is 2. The fourth-order valence-electron chi connectivity index (χ4n) is 1.91. The second-order valence-electron chi connectivity index (χ2n) is 4.43. The second kappa shape index (κ2) is 6.73. The number of methoxy groups -OCH3 is 1. The third-order valence-corrected chi connectivity index (χ3v) is 2.94. The Labute approximate surface area is 118 Å². The Morgan fingerprint density at radius 1 is 1.05 bits per heavy atom. The van der Waals surface area contributed by atoms with Crippen LogP contribution in [0.3, 0.4) is 0 Å². The Bertz CT molecular complexity index is 582. The molecular weight excluding hydrogens is 252 g/mol. The lowest BCUT2D eigenvalue weighted by atomic mass is 10.1. The first-order chi connectivity index (χ1) is 9.70. The highest BCUT2D eigenvalue weighted by Gasteiger charge is 2.07. The van der Waals surface area contributed by atoms with Crippen LogP contribution in [0.2, 0.25) is 0 Å². The molecule has 2 aromatic carbocycles. The van der Waals surface area contributed by atoms with E-state index >= 15 is 0 Å². The fraction of sp³-hybridized carbons (Fsp3) is 0.188. The molecule has 0 aliphatic carbocycles. The van der Waals surface area contributed by atoms with E-state index in [0.717, 1.165) is 11.1 Å². The first kappa shape index (κ1) is 14.1. The van der Waals surface area contributed by atoms with E-state index in [0.29, 0.717) is 24.5 Å². The van der Waals surface area contributed by atoms with Crippen molar-refractivity contribution in [1.29, 1.82) is 5.41 Å². The molecule has 3 N–H and O–H groups in total. The van der Waals surface area contributed by atoms with Gasteiger partial charge in [-0.1, -0.05) is 36.4 Å². The number of nitrogens with two attached hydrogens (primary N) is 1. The van der Waals surface area contributed by atoms with Gasteiger partial charge in [-0.2, -0.15) is 0 Å². The van der Waals surface area contributed by atoms with Gasteiger partial charge >= 0.3 is 0 Å². The summed E-state index contributed by atoms with van der Waals surface area (Å²) in [6.45, 7) is 1.06. The summed E-state index contributed by atoms with van der Waals surface area (Å²) in [4.78, 5) is 0. The van der Waals surface area contributed by atoms with Crippen LogP contribution in [-0.4, -0.2) is 12.9 Å². The van der Waals surface area contributed by atoms with E-state index in [2.05, 4.69) is 0 Å². The maximum absolute atomic E-state index is 7.47. The monoisotopic (exact) mass is 270 g/mol. The number of benzene rings is 2. The zero-order chi connectivity index (χ0) is 14.4.